The van der Waals surface area contributed by atoms with Crippen molar-refractivity contribution in [3.05, 3.63) is 35.3 Å². The molecule has 1 aliphatic heterocycles. The zero-order valence-electron chi connectivity index (χ0n) is 14.8. The van der Waals surface area contributed by atoms with Crippen molar-refractivity contribution in [1.29, 1.82) is 0 Å². The van der Waals surface area contributed by atoms with E-state index in [1.54, 1.807) is 6.07 Å². The van der Waals surface area contributed by atoms with Crippen LogP contribution in [0.25, 0.3) is 6.08 Å². The Morgan fingerprint density at radius 3 is 2.33 bits per heavy atom. The first-order chi connectivity index (χ1) is 11.0. The Balaban J connectivity index is 2.37. The van der Waals surface area contributed by atoms with Gasteiger partial charge in [0.05, 0.1) is 16.1 Å². The Bertz CT molecular complexity index is 728. The Labute approximate surface area is 144 Å². The van der Waals surface area contributed by atoms with Crippen LogP contribution in [-0.4, -0.2) is 40.3 Å². The van der Waals surface area contributed by atoms with Gasteiger partial charge in [-0.05, 0) is 57.9 Å². The first-order valence-electron chi connectivity index (χ1n) is 7.80. The second-order valence-corrected chi connectivity index (χ2v) is 8.52. The third kappa shape index (κ3) is 4.07. The van der Waals surface area contributed by atoms with E-state index in [4.69, 9.17) is 14.4 Å². The lowest BCUT2D eigenvalue weighted by atomic mass is 9.77. The van der Waals surface area contributed by atoms with Crippen molar-refractivity contribution in [2.24, 2.45) is 5.14 Å². The molecule has 1 aliphatic rings. The standard InChI is InChI=1S/C16H25BN2O4S/c1-15(2)16(3,4)23-17(22-15)13(11-19-5)9-12-7-6-8-14(10-12)24(18,20)21/h6-10,19H,11H2,1-5H3,(H2,18,20,21). The van der Waals surface area contributed by atoms with Gasteiger partial charge in [0.15, 0.2) is 0 Å². The highest BCUT2D eigenvalue weighted by Crippen LogP contribution is 2.38. The SMILES string of the molecule is CNCC(=Cc1cccc(S(N)(=O)=O)c1)B1OC(C)(C)C(C)(C)O1. The van der Waals surface area contributed by atoms with E-state index in [0.29, 0.717) is 6.54 Å². The van der Waals surface area contributed by atoms with Crippen molar-refractivity contribution in [2.45, 2.75) is 43.8 Å². The molecular weight excluding hydrogens is 327 g/mol. The van der Waals surface area contributed by atoms with Gasteiger partial charge in [-0.15, -0.1) is 0 Å². The van der Waals surface area contributed by atoms with Gasteiger partial charge in [-0.3, -0.25) is 0 Å². The lowest BCUT2D eigenvalue weighted by Gasteiger charge is -2.32. The minimum atomic E-state index is -3.74. The molecule has 0 aliphatic carbocycles. The Morgan fingerprint density at radius 1 is 1.25 bits per heavy atom. The average molecular weight is 352 g/mol. The third-order valence-electron chi connectivity index (χ3n) is 4.48. The van der Waals surface area contributed by atoms with Crippen molar-refractivity contribution in [2.75, 3.05) is 13.6 Å². The molecule has 8 heteroatoms. The van der Waals surface area contributed by atoms with Gasteiger partial charge in [0.1, 0.15) is 0 Å². The van der Waals surface area contributed by atoms with Crippen molar-refractivity contribution >= 4 is 23.2 Å². The summed E-state index contributed by atoms with van der Waals surface area (Å²) in [5, 5.41) is 8.29. The molecule has 1 heterocycles. The number of rotatable bonds is 5. The topological polar surface area (TPSA) is 90.7 Å². The summed E-state index contributed by atoms with van der Waals surface area (Å²) in [6, 6.07) is 6.48. The molecule has 3 N–H and O–H groups in total. The summed E-state index contributed by atoms with van der Waals surface area (Å²) < 4.78 is 35.2. The van der Waals surface area contributed by atoms with Crippen molar-refractivity contribution in [3.8, 4) is 0 Å². The number of nitrogens with two attached hydrogens (primary N) is 1. The van der Waals surface area contributed by atoms with E-state index in [0.717, 1.165) is 11.0 Å². The number of nitrogens with one attached hydrogen (secondary N) is 1. The number of benzene rings is 1. The zero-order chi connectivity index (χ0) is 18.2. The highest BCUT2D eigenvalue weighted by molar-refractivity contribution is 7.89. The van der Waals surface area contributed by atoms with Crippen LogP contribution in [0.4, 0.5) is 0 Å². The van der Waals surface area contributed by atoms with Gasteiger partial charge in [-0.1, -0.05) is 18.2 Å². The largest absolute Gasteiger partial charge is 0.491 e. The molecule has 1 aromatic carbocycles. The molecule has 0 radical (unpaired) electrons. The molecule has 0 aromatic heterocycles. The van der Waals surface area contributed by atoms with Crippen LogP contribution in [0.1, 0.15) is 33.3 Å². The Hall–Kier alpha value is -1.19. The van der Waals surface area contributed by atoms with Gasteiger partial charge >= 0.3 is 7.12 Å². The molecule has 0 spiro atoms. The van der Waals surface area contributed by atoms with E-state index < -0.39 is 28.3 Å². The van der Waals surface area contributed by atoms with Crippen molar-refractivity contribution in [1.82, 2.24) is 5.32 Å². The maximum absolute atomic E-state index is 11.5. The van der Waals surface area contributed by atoms with Crippen LogP contribution in [0.15, 0.2) is 34.6 Å². The minimum absolute atomic E-state index is 0.0778. The van der Waals surface area contributed by atoms with Crippen LogP contribution in [-0.2, 0) is 19.3 Å². The molecule has 0 bridgehead atoms. The van der Waals surface area contributed by atoms with Gasteiger partial charge < -0.3 is 14.6 Å². The van der Waals surface area contributed by atoms with Gasteiger partial charge in [0, 0.05) is 6.54 Å². The van der Waals surface area contributed by atoms with E-state index in [2.05, 4.69) is 5.32 Å². The summed E-state index contributed by atoms with van der Waals surface area (Å²) >= 11 is 0. The maximum Gasteiger partial charge on any atom is 0.491 e. The van der Waals surface area contributed by atoms with Gasteiger partial charge in [-0.2, -0.15) is 0 Å². The summed E-state index contributed by atoms with van der Waals surface area (Å²) in [6.45, 7) is 8.52. The average Bonchev–Trinajstić information content (AvgIpc) is 2.66. The number of primary sulfonamides is 1. The van der Waals surface area contributed by atoms with Crippen LogP contribution in [0, 0.1) is 0 Å². The van der Waals surface area contributed by atoms with Crippen LogP contribution >= 0.6 is 0 Å². The summed E-state index contributed by atoms with van der Waals surface area (Å²) in [7, 11) is -2.40. The zero-order valence-corrected chi connectivity index (χ0v) is 15.6. The molecule has 1 fully saturated rings. The lowest BCUT2D eigenvalue weighted by Crippen LogP contribution is -2.41. The second-order valence-electron chi connectivity index (χ2n) is 6.96. The molecule has 0 atom stereocenters. The van der Waals surface area contributed by atoms with Crippen LogP contribution < -0.4 is 10.5 Å². The molecular formula is C16H25BN2O4S. The molecule has 6 nitrogen and oxygen atoms in total. The van der Waals surface area contributed by atoms with E-state index in [1.165, 1.54) is 12.1 Å². The smallest absolute Gasteiger partial charge is 0.400 e. The fourth-order valence-corrected chi connectivity index (χ4v) is 2.96. The van der Waals surface area contributed by atoms with E-state index >= 15 is 0 Å². The molecule has 1 saturated heterocycles. The molecule has 0 saturated carbocycles. The Morgan fingerprint density at radius 2 is 1.83 bits per heavy atom. The minimum Gasteiger partial charge on any atom is -0.400 e. The highest BCUT2D eigenvalue weighted by atomic mass is 32.2. The normalized spacial score (nSPS) is 20.4. The van der Waals surface area contributed by atoms with Crippen LogP contribution in [0.3, 0.4) is 0 Å². The lowest BCUT2D eigenvalue weighted by molar-refractivity contribution is 0.00578. The fourth-order valence-electron chi connectivity index (χ4n) is 2.40. The second kappa shape index (κ2) is 6.61. The van der Waals surface area contributed by atoms with Crippen LogP contribution in [0.5, 0.6) is 0 Å². The summed E-state index contributed by atoms with van der Waals surface area (Å²) in [5.74, 6) is 0. The van der Waals surface area contributed by atoms with Crippen LogP contribution in [0.2, 0.25) is 0 Å². The first kappa shape index (κ1) is 19.1. The van der Waals surface area contributed by atoms with E-state index in [9.17, 15) is 8.42 Å². The summed E-state index contributed by atoms with van der Waals surface area (Å²) in [6.07, 6.45) is 1.87. The predicted octanol–water partition coefficient (Wildman–Crippen LogP) is 1.57. The quantitative estimate of drug-likeness (QED) is 0.785. The summed E-state index contributed by atoms with van der Waals surface area (Å²) in [4.78, 5) is 0.0778. The van der Waals surface area contributed by atoms with Gasteiger partial charge in [0.2, 0.25) is 10.0 Å². The van der Waals surface area contributed by atoms with Crippen molar-refractivity contribution in [3.63, 3.8) is 0 Å². The predicted molar refractivity (Wildman–Crippen MR) is 95.8 cm³/mol. The molecule has 0 unspecified atom stereocenters. The number of hydrogen-bond donors (Lipinski definition) is 2. The van der Waals surface area contributed by atoms with E-state index in [1.807, 2.05) is 46.9 Å². The monoisotopic (exact) mass is 352 g/mol. The fraction of sp³-hybridized carbons (Fsp3) is 0.500. The number of likely N-dealkylation sites (N-methyl/N-ethyl adjacent to an activating group) is 1. The molecule has 1 aromatic rings. The molecule has 2 rings (SSSR count). The van der Waals surface area contributed by atoms with E-state index in [-0.39, 0.29) is 4.90 Å². The number of hydrogen-bond acceptors (Lipinski definition) is 5. The van der Waals surface area contributed by atoms with Crippen molar-refractivity contribution < 1.29 is 17.7 Å². The highest BCUT2D eigenvalue weighted by Gasteiger charge is 2.52. The first-order valence-corrected chi connectivity index (χ1v) is 9.34. The third-order valence-corrected chi connectivity index (χ3v) is 5.39. The van der Waals surface area contributed by atoms with Gasteiger partial charge in [0.25, 0.3) is 0 Å². The maximum atomic E-state index is 11.5. The number of sulfonamides is 1. The molecule has 0 amide bonds. The summed E-state index contributed by atoms with van der Waals surface area (Å²) in [5.41, 5.74) is 0.726. The van der Waals surface area contributed by atoms with Gasteiger partial charge in [-0.25, -0.2) is 13.6 Å². The molecule has 132 valence electrons. The Kier molecular flexibility index (Phi) is 5.27. The molecule has 24 heavy (non-hydrogen) atoms.